The molecule has 138 valence electrons. The molecule has 0 unspecified atom stereocenters. The van der Waals surface area contributed by atoms with E-state index in [1.165, 1.54) is 26.4 Å². The summed E-state index contributed by atoms with van der Waals surface area (Å²) in [5.74, 6) is -1.30. The fraction of sp³-hybridized carbons (Fsp3) is 0.471. The molecule has 25 heavy (non-hydrogen) atoms. The maximum Gasteiger partial charge on any atom is 0.338 e. The van der Waals surface area contributed by atoms with Gasteiger partial charge in [-0.15, -0.1) is 0 Å². The van der Waals surface area contributed by atoms with Crippen molar-refractivity contribution in [3.05, 3.63) is 28.2 Å². The Morgan fingerprint density at radius 3 is 2.44 bits per heavy atom. The highest BCUT2D eigenvalue weighted by atomic mass is 79.9. The van der Waals surface area contributed by atoms with E-state index in [-0.39, 0.29) is 11.5 Å². The van der Waals surface area contributed by atoms with Crippen molar-refractivity contribution in [1.82, 2.24) is 5.32 Å². The summed E-state index contributed by atoms with van der Waals surface area (Å²) < 4.78 is 15.3. The van der Waals surface area contributed by atoms with Crippen molar-refractivity contribution in [1.29, 1.82) is 0 Å². The van der Waals surface area contributed by atoms with E-state index in [4.69, 9.17) is 9.47 Å². The van der Waals surface area contributed by atoms with Gasteiger partial charge in [-0.1, -0.05) is 20.3 Å². The molecule has 0 aliphatic carbocycles. The van der Waals surface area contributed by atoms with E-state index in [1.807, 2.05) is 13.8 Å². The van der Waals surface area contributed by atoms with E-state index in [0.29, 0.717) is 16.6 Å². The fourth-order valence-corrected chi connectivity index (χ4v) is 2.56. The summed E-state index contributed by atoms with van der Waals surface area (Å²) in [6.07, 6.45) is 0.680. The smallest absolute Gasteiger partial charge is 0.338 e. The number of halogens is 1. The second-order valence-electron chi connectivity index (χ2n) is 5.38. The minimum Gasteiger partial charge on any atom is -0.496 e. The number of amides is 1. The molecule has 0 aromatic heterocycles. The lowest BCUT2D eigenvalue weighted by Gasteiger charge is -2.21. The number of ether oxygens (including phenoxy) is 3. The van der Waals surface area contributed by atoms with Crippen molar-refractivity contribution in [2.75, 3.05) is 20.8 Å². The molecule has 0 fully saturated rings. The van der Waals surface area contributed by atoms with Crippen LogP contribution in [0.4, 0.5) is 0 Å². The van der Waals surface area contributed by atoms with E-state index in [0.717, 1.165) is 0 Å². The molecule has 1 N–H and O–H groups in total. The summed E-state index contributed by atoms with van der Waals surface area (Å²) in [7, 11) is 2.77. The second kappa shape index (κ2) is 10.0. The van der Waals surface area contributed by atoms with E-state index in [9.17, 15) is 14.4 Å². The molecule has 0 bridgehead atoms. The van der Waals surface area contributed by atoms with Gasteiger partial charge in [-0.05, 0) is 40.0 Å². The fourth-order valence-electron chi connectivity index (χ4n) is 2.02. The number of rotatable bonds is 8. The number of nitrogens with one attached hydrogen (secondary N) is 1. The molecule has 1 amide bonds. The lowest BCUT2D eigenvalue weighted by atomic mass is 9.99. The third-order valence-corrected chi connectivity index (χ3v) is 4.33. The maximum atomic E-state index is 12.0. The summed E-state index contributed by atoms with van der Waals surface area (Å²) in [6.45, 7) is 3.23. The molecule has 1 rings (SSSR count). The number of hydrogen-bond acceptors (Lipinski definition) is 6. The Morgan fingerprint density at radius 1 is 1.24 bits per heavy atom. The molecule has 1 aromatic carbocycles. The maximum absolute atomic E-state index is 12.0. The van der Waals surface area contributed by atoms with Crippen LogP contribution in [-0.4, -0.2) is 44.7 Å². The highest BCUT2D eigenvalue weighted by Crippen LogP contribution is 2.25. The quantitative estimate of drug-likeness (QED) is 0.655. The van der Waals surface area contributed by atoms with Gasteiger partial charge in [0, 0.05) is 0 Å². The monoisotopic (exact) mass is 415 g/mol. The molecule has 0 aliphatic heterocycles. The van der Waals surface area contributed by atoms with Crippen molar-refractivity contribution in [3.63, 3.8) is 0 Å². The molecule has 7 nitrogen and oxygen atoms in total. The molecule has 0 heterocycles. The minimum absolute atomic E-state index is 0.107. The van der Waals surface area contributed by atoms with Crippen LogP contribution in [0.1, 0.15) is 30.6 Å². The zero-order chi connectivity index (χ0) is 19.0. The third-order valence-electron chi connectivity index (χ3n) is 3.71. The molecule has 0 radical (unpaired) electrons. The molecule has 8 heteroatoms. The normalized spacial score (nSPS) is 12.7. The first kappa shape index (κ1) is 21.0. The van der Waals surface area contributed by atoms with Crippen molar-refractivity contribution in [3.8, 4) is 5.75 Å². The Labute approximate surface area is 155 Å². The topological polar surface area (TPSA) is 90.9 Å². The van der Waals surface area contributed by atoms with Crippen LogP contribution in [0.2, 0.25) is 0 Å². The predicted molar refractivity (Wildman–Crippen MR) is 94.4 cm³/mol. The number of esters is 2. The summed E-state index contributed by atoms with van der Waals surface area (Å²) in [5.41, 5.74) is 0.270. The molecule has 1 aromatic rings. The van der Waals surface area contributed by atoms with Gasteiger partial charge in [-0.2, -0.15) is 0 Å². The molecule has 0 saturated carbocycles. The summed E-state index contributed by atoms with van der Waals surface area (Å²) in [6, 6.07) is 3.89. The van der Waals surface area contributed by atoms with Gasteiger partial charge in [-0.3, -0.25) is 4.79 Å². The summed E-state index contributed by atoms with van der Waals surface area (Å²) in [4.78, 5) is 35.7. The van der Waals surface area contributed by atoms with E-state index in [1.54, 1.807) is 6.07 Å². The Morgan fingerprint density at radius 2 is 1.92 bits per heavy atom. The van der Waals surface area contributed by atoms with Crippen LogP contribution in [0, 0.1) is 5.92 Å². The number of carbonyl (C=O) groups is 3. The molecule has 0 aliphatic rings. The first-order valence-electron chi connectivity index (χ1n) is 7.71. The van der Waals surface area contributed by atoms with Crippen LogP contribution in [0.25, 0.3) is 0 Å². The van der Waals surface area contributed by atoms with Gasteiger partial charge >= 0.3 is 11.9 Å². The SMILES string of the molecule is CC[C@@H](C)[C@H](NC(=O)COC(=O)c1ccc(OC)c(Br)c1)C(=O)OC. The lowest BCUT2D eigenvalue weighted by Crippen LogP contribution is -2.47. The predicted octanol–water partition coefficient (Wildman–Crippen LogP) is 2.32. The number of benzene rings is 1. The van der Waals surface area contributed by atoms with Gasteiger partial charge in [0.05, 0.1) is 24.3 Å². The first-order chi connectivity index (χ1) is 11.8. The number of carbonyl (C=O) groups excluding carboxylic acids is 3. The van der Waals surface area contributed by atoms with Crippen LogP contribution < -0.4 is 10.1 Å². The average molecular weight is 416 g/mol. The first-order valence-corrected chi connectivity index (χ1v) is 8.51. The highest BCUT2D eigenvalue weighted by molar-refractivity contribution is 9.10. The van der Waals surface area contributed by atoms with Crippen LogP contribution in [-0.2, 0) is 19.1 Å². The zero-order valence-corrected chi connectivity index (χ0v) is 16.2. The van der Waals surface area contributed by atoms with Gasteiger partial charge in [0.25, 0.3) is 5.91 Å². The summed E-state index contributed by atoms with van der Waals surface area (Å²) in [5, 5.41) is 2.53. The molecular weight excluding hydrogens is 394 g/mol. The number of methoxy groups -OCH3 is 2. The van der Waals surface area contributed by atoms with Gasteiger partial charge < -0.3 is 19.5 Å². The second-order valence-corrected chi connectivity index (χ2v) is 6.23. The van der Waals surface area contributed by atoms with Crippen LogP contribution in [0.5, 0.6) is 5.75 Å². The van der Waals surface area contributed by atoms with Gasteiger partial charge in [0.1, 0.15) is 11.8 Å². The summed E-state index contributed by atoms with van der Waals surface area (Å²) >= 11 is 3.27. The Bertz CT molecular complexity index is 634. The molecule has 2 atom stereocenters. The van der Waals surface area contributed by atoms with E-state index < -0.39 is 30.5 Å². The Kier molecular flexibility index (Phi) is 8.40. The lowest BCUT2D eigenvalue weighted by molar-refractivity contribution is -0.147. The van der Waals surface area contributed by atoms with Gasteiger partial charge in [0.15, 0.2) is 6.61 Å². The van der Waals surface area contributed by atoms with Crippen molar-refractivity contribution < 1.29 is 28.6 Å². The zero-order valence-electron chi connectivity index (χ0n) is 14.6. The van der Waals surface area contributed by atoms with E-state index in [2.05, 4.69) is 26.0 Å². The average Bonchev–Trinajstić information content (AvgIpc) is 2.62. The largest absolute Gasteiger partial charge is 0.496 e. The van der Waals surface area contributed by atoms with Crippen LogP contribution in [0.15, 0.2) is 22.7 Å². The van der Waals surface area contributed by atoms with Crippen molar-refractivity contribution in [2.45, 2.75) is 26.3 Å². The third kappa shape index (κ3) is 6.04. The Hall–Kier alpha value is -2.09. The molecule has 0 saturated heterocycles. The van der Waals surface area contributed by atoms with Gasteiger partial charge in [0.2, 0.25) is 0 Å². The number of hydrogen-bond donors (Lipinski definition) is 1. The van der Waals surface area contributed by atoms with Gasteiger partial charge in [-0.25, -0.2) is 9.59 Å². The standard InChI is InChI=1S/C17H22BrNO6/c1-5-10(2)15(17(22)24-4)19-14(20)9-25-16(21)11-6-7-13(23-3)12(18)8-11/h6-8,10,15H,5,9H2,1-4H3,(H,19,20)/t10-,15+/m1/s1. The minimum atomic E-state index is -0.781. The van der Waals surface area contributed by atoms with E-state index >= 15 is 0 Å². The van der Waals surface area contributed by atoms with Crippen LogP contribution >= 0.6 is 15.9 Å². The van der Waals surface area contributed by atoms with Crippen molar-refractivity contribution in [2.24, 2.45) is 5.92 Å². The highest BCUT2D eigenvalue weighted by Gasteiger charge is 2.27. The molecule has 0 spiro atoms. The van der Waals surface area contributed by atoms with Crippen molar-refractivity contribution >= 4 is 33.8 Å². The molecular formula is C17H22BrNO6. The Balaban J connectivity index is 2.64. The van der Waals surface area contributed by atoms with Crippen LogP contribution in [0.3, 0.4) is 0 Å².